The molecule has 4 heteroatoms. The van der Waals surface area contributed by atoms with Crippen LogP contribution in [0.3, 0.4) is 0 Å². The van der Waals surface area contributed by atoms with Crippen LogP contribution in [0.1, 0.15) is 81.1 Å². The molecule has 0 radical (unpaired) electrons. The minimum atomic E-state index is -0.357. The SMILES string of the molecule is C[C@H]1CN(CCCC2(C#N)CCCCC2)CC[C@]1(C)c1cccc(C(N)=O)c1. The Kier molecular flexibility index (Phi) is 6.45. The van der Waals surface area contributed by atoms with E-state index in [9.17, 15) is 10.1 Å². The molecule has 3 rings (SSSR count). The monoisotopic (exact) mass is 381 g/mol. The highest BCUT2D eigenvalue weighted by Gasteiger charge is 2.38. The van der Waals surface area contributed by atoms with E-state index in [1.165, 1.54) is 24.8 Å². The number of likely N-dealkylation sites (tertiary alicyclic amines) is 1. The molecule has 2 atom stereocenters. The molecule has 1 saturated heterocycles. The molecule has 1 aliphatic heterocycles. The summed E-state index contributed by atoms with van der Waals surface area (Å²) in [6.45, 7) is 7.87. The van der Waals surface area contributed by atoms with Crippen molar-refractivity contribution >= 4 is 5.91 Å². The van der Waals surface area contributed by atoms with Gasteiger partial charge in [0, 0.05) is 12.1 Å². The lowest BCUT2D eigenvalue weighted by Crippen LogP contribution is -2.47. The fraction of sp³-hybridized carbons (Fsp3) is 0.667. The van der Waals surface area contributed by atoms with Crippen LogP contribution in [0.15, 0.2) is 24.3 Å². The van der Waals surface area contributed by atoms with Gasteiger partial charge in [-0.1, -0.05) is 45.2 Å². The van der Waals surface area contributed by atoms with Crippen molar-refractivity contribution in [2.75, 3.05) is 19.6 Å². The summed E-state index contributed by atoms with van der Waals surface area (Å²) in [6, 6.07) is 10.5. The number of amides is 1. The maximum atomic E-state index is 11.6. The molecular weight excluding hydrogens is 346 g/mol. The summed E-state index contributed by atoms with van der Waals surface area (Å²) in [7, 11) is 0. The van der Waals surface area contributed by atoms with Gasteiger partial charge in [0.2, 0.25) is 5.91 Å². The van der Waals surface area contributed by atoms with Crippen molar-refractivity contribution in [3.63, 3.8) is 0 Å². The molecule has 0 aromatic heterocycles. The van der Waals surface area contributed by atoms with Crippen molar-refractivity contribution in [1.82, 2.24) is 4.90 Å². The number of hydrogen-bond acceptors (Lipinski definition) is 3. The molecule has 1 amide bonds. The minimum Gasteiger partial charge on any atom is -0.366 e. The van der Waals surface area contributed by atoms with E-state index in [2.05, 4.69) is 30.9 Å². The molecule has 2 fully saturated rings. The van der Waals surface area contributed by atoms with Gasteiger partial charge in [0.1, 0.15) is 0 Å². The Labute approximate surface area is 170 Å². The maximum absolute atomic E-state index is 11.6. The van der Waals surface area contributed by atoms with Crippen LogP contribution in [0.4, 0.5) is 0 Å². The highest BCUT2D eigenvalue weighted by molar-refractivity contribution is 5.92. The quantitative estimate of drug-likeness (QED) is 0.780. The van der Waals surface area contributed by atoms with E-state index < -0.39 is 0 Å². The summed E-state index contributed by atoms with van der Waals surface area (Å²) in [5, 5.41) is 9.68. The van der Waals surface area contributed by atoms with Crippen LogP contribution in [-0.2, 0) is 5.41 Å². The second-order valence-electron chi connectivity index (χ2n) is 9.37. The minimum absolute atomic E-state index is 0.0522. The molecule has 1 heterocycles. The fourth-order valence-electron chi connectivity index (χ4n) is 5.26. The predicted molar refractivity (Wildman–Crippen MR) is 113 cm³/mol. The van der Waals surface area contributed by atoms with Gasteiger partial charge in [-0.25, -0.2) is 0 Å². The number of carbonyl (C=O) groups excluding carboxylic acids is 1. The number of hydrogen-bond donors (Lipinski definition) is 1. The predicted octanol–water partition coefficient (Wildman–Crippen LogP) is 4.64. The van der Waals surface area contributed by atoms with Gasteiger partial charge in [-0.2, -0.15) is 5.26 Å². The third kappa shape index (κ3) is 4.41. The van der Waals surface area contributed by atoms with Gasteiger partial charge >= 0.3 is 0 Å². The van der Waals surface area contributed by atoms with Crippen LogP contribution in [0.5, 0.6) is 0 Å². The first-order valence-electron chi connectivity index (χ1n) is 10.9. The summed E-state index contributed by atoms with van der Waals surface area (Å²) in [5.74, 6) is 0.147. The van der Waals surface area contributed by atoms with Gasteiger partial charge < -0.3 is 10.6 Å². The van der Waals surface area contributed by atoms with Crippen molar-refractivity contribution in [3.8, 4) is 6.07 Å². The van der Waals surface area contributed by atoms with Crippen LogP contribution >= 0.6 is 0 Å². The molecule has 2 aliphatic rings. The molecule has 1 aromatic rings. The molecule has 0 bridgehead atoms. The summed E-state index contributed by atoms with van der Waals surface area (Å²) >= 11 is 0. The maximum Gasteiger partial charge on any atom is 0.248 e. The molecule has 0 unspecified atom stereocenters. The number of piperidine rings is 1. The number of nitriles is 1. The Hall–Kier alpha value is -1.86. The largest absolute Gasteiger partial charge is 0.366 e. The lowest BCUT2D eigenvalue weighted by molar-refractivity contribution is 0.0995. The van der Waals surface area contributed by atoms with E-state index in [0.717, 1.165) is 51.7 Å². The topological polar surface area (TPSA) is 70.1 Å². The zero-order valence-electron chi connectivity index (χ0n) is 17.5. The van der Waals surface area contributed by atoms with E-state index in [4.69, 9.17) is 5.73 Å². The molecule has 152 valence electrons. The molecular formula is C24H35N3O. The van der Waals surface area contributed by atoms with Gasteiger partial charge in [-0.3, -0.25) is 4.79 Å². The standard InChI is InChI=1S/C24H35N3O/c1-19-17-27(14-7-12-24(18-25)10-4-3-5-11-24)15-13-23(19,2)21-9-6-8-20(16-21)22(26)28/h6,8-9,16,19H,3-5,7,10-15,17H2,1-2H3,(H2,26,28)/t19-,23-/m0/s1. The highest BCUT2D eigenvalue weighted by Crippen LogP contribution is 2.41. The molecule has 0 spiro atoms. The van der Waals surface area contributed by atoms with Crippen LogP contribution in [0.25, 0.3) is 0 Å². The van der Waals surface area contributed by atoms with E-state index in [-0.39, 0.29) is 16.7 Å². The first kappa shape index (κ1) is 20.9. The Morgan fingerprint density at radius 1 is 1.29 bits per heavy atom. The van der Waals surface area contributed by atoms with Gasteiger partial charge in [-0.15, -0.1) is 0 Å². The molecule has 2 N–H and O–H groups in total. The molecule has 1 aliphatic carbocycles. The number of rotatable bonds is 6. The van der Waals surface area contributed by atoms with Gasteiger partial charge in [0.15, 0.2) is 0 Å². The van der Waals surface area contributed by atoms with Gasteiger partial charge in [0.05, 0.1) is 11.5 Å². The van der Waals surface area contributed by atoms with Crippen LogP contribution in [-0.4, -0.2) is 30.4 Å². The number of nitrogens with zero attached hydrogens (tertiary/aromatic N) is 2. The van der Waals surface area contributed by atoms with Crippen molar-refractivity contribution in [2.45, 2.75) is 70.6 Å². The second kappa shape index (κ2) is 8.66. The van der Waals surface area contributed by atoms with Crippen LogP contribution in [0.2, 0.25) is 0 Å². The highest BCUT2D eigenvalue weighted by atomic mass is 16.1. The summed E-state index contributed by atoms with van der Waals surface area (Å²) < 4.78 is 0. The summed E-state index contributed by atoms with van der Waals surface area (Å²) in [5.41, 5.74) is 7.32. The van der Waals surface area contributed by atoms with Crippen LogP contribution in [0, 0.1) is 22.7 Å². The molecule has 1 aromatic carbocycles. The average Bonchev–Trinajstić information content (AvgIpc) is 2.71. The van der Waals surface area contributed by atoms with E-state index in [1.807, 2.05) is 12.1 Å². The third-order valence-electron chi connectivity index (χ3n) is 7.55. The van der Waals surface area contributed by atoms with E-state index in [0.29, 0.717) is 11.5 Å². The first-order chi connectivity index (χ1) is 13.4. The van der Waals surface area contributed by atoms with Crippen LogP contribution < -0.4 is 5.73 Å². The Morgan fingerprint density at radius 3 is 2.68 bits per heavy atom. The number of carbonyl (C=O) groups is 1. The second-order valence-corrected chi connectivity index (χ2v) is 9.37. The van der Waals surface area contributed by atoms with E-state index >= 15 is 0 Å². The third-order valence-corrected chi connectivity index (χ3v) is 7.55. The van der Waals surface area contributed by atoms with Gasteiger partial charge in [-0.05, 0) is 74.2 Å². The number of nitrogens with two attached hydrogens (primary N) is 1. The van der Waals surface area contributed by atoms with Crippen molar-refractivity contribution in [3.05, 3.63) is 35.4 Å². The van der Waals surface area contributed by atoms with Crippen molar-refractivity contribution in [1.29, 1.82) is 5.26 Å². The zero-order chi connectivity index (χ0) is 20.2. The Balaban J connectivity index is 1.57. The normalized spacial score (nSPS) is 27.8. The molecule has 4 nitrogen and oxygen atoms in total. The summed E-state index contributed by atoms with van der Waals surface area (Å²) in [6.07, 6.45) is 9.17. The molecule has 1 saturated carbocycles. The fourth-order valence-corrected chi connectivity index (χ4v) is 5.26. The lowest BCUT2D eigenvalue weighted by atomic mass is 9.67. The van der Waals surface area contributed by atoms with E-state index in [1.54, 1.807) is 6.07 Å². The average molecular weight is 382 g/mol. The summed E-state index contributed by atoms with van der Waals surface area (Å²) in [4.78, 5) is 14.1. The van der Waals surface area contributed by atoms with Gasteiger partial charge in [0.25, 0.3) is 0 Å². The Bertz CT molecular complexity index is 732. The van der Waals surface area contributed by atoms with Crippen molar-refractivity contribution in [2.24, 2.45) is 17.1 Å². The lowest BCUT2D eigenvalue weighted by Gasteiger charge is -2.45. The smallest absolute Gasteiger partial charge is 0.248 e. The molecule has 28 heavy (non-hydrogen) atoms. The number of benzene rings is 1. The first-order valence-corrected chi connectivity index (χ1v) is 10.9. The Morgan fingerprint density at radius 2 is 2.04 bits per heavy atom. The van der Waals surface area contributed by atoms with Crippen molar-refractivity contribution < 1.29 is 4.79 Å². The zero-order valence-corrected chi connectivity index (χ0v) is 17.5. The number of primary amides is 1.